The van der Waals surface area contributed by atoms with Gasteiger partial charge in [-0.05, 0) is 18.6 Å². The van der Waals surface area contributed by atoms with Gasteiger partial charge in [0.2, 0.25) is 0 Å². The van der Waals surface area contributed by atoms with Crippen molar-refractivity contribution in [3.63, 3.8) is 0 Å². The minimum absolute atomic E-state index is 0.293. The average Bonchev–Trinajstić information content (AvgIpc) is 2.33. The van der Waals surface area contributed by atoms with E-state index in [2.05, 4.69) is 0 Å². The third-order valence-corrected chi connectivity index (χ3v) is 2.37. The van der Waals surface area contributed by atoms with Crippen molar-refractivity contribution in [2.45, 2.75) is 32.4 Å². The van der Waals surface area contributed by atoms with Crippen molar-refractivity contribution in [3.8, 4) is 5.75 Å². The molecule has 0 N–H and O–H groups in total. The van der Waals surface area contributed by atoms with Crippen LogP contribution in [0.1, 0.15) is 36.5 Å². The number of carbonyl (C=O) groups is 1. The zero-order valence-corrected chi connectivity index (χ0v) is 10.1. The fraction of sp³-hybridized carbons (Fsp3) is 0.462. The molecule has 0 heterocycles. The molecule has 18 heavy (non-hydrogen) atoms. The standard InChI is InChI=1S/C13H15F3O2/c1-2-3-4-8-18-11-7-5-6-10(9-11)12(17)13(14,15)16/h5-7,9H,2-4,8H2,1H3. The first-order valence-corrected chi connectivity index (χ1v) is 5.79. The van der Waals surface area contributed by atoms with Crippen molar-refractivity contribution in [2.24, 2.45) is 0 Å². The van der Waals surface area contributed by atoms with Gasteiger partial charge in [-0.15, -0.1) is 0 Å². The molecule has 0 radical (unpaired) electrons. The number of hydrogen-bond acceptors (Lipinski definition) is 2. The van der Waals surface area contributed by atoms with Crippen LogP contribution in [0.5, 0.6) is 5.75 Å². The van der Waals surface area contributed by atoms with E-state index in [9.17, 15) is 18.0 Å². The highest BCUT2D eigenvalue weighted by atomic mass is 19.4. The predicted octanol–water partition coefficient (Wildman–Crippen LogP) is 4.00. The van der Waals surface area contributed by atoms with E-state index in [0.717, 1.165) is 31.4 Å². The summed E-state index contributed by atoms with van der Waals surface area (Å²) < 4.78 is 42.0. The SMILES string of the molecule is CCCCCOc1cccc(C(=O)C(F)(F)F)c1. The number of alkyl halides is 3. The summed E-state index contributed by atoms with van der Waals surface area (Å²) in [5.41, 5.74) is -0.393. The summed E-state index contributed by atoms with van der Waals surface area (Å²) in [6.07, 6.45) is -1.97. The normalized spacial score (nSPS) is 11.3. The predicted molar refractivity (Wildman–Crippen MR) is 61.8 cm³/mol. The van der Waals surface area contributed by atoms with E-state index in [-0.39, 0.29) is 0 Å². The molecule has 0 aliphatic carbocycles. The Morgan fingerprint density at radius 1 is 1.28 bits per heavy atom. The van der Waals surface area contributed by atoms with Crippen LogP contribution in [0.2, 0.25) is 0 Å². The van der Waals surface area contributed by atoms with Gasteiger partial charge in [-0.25, -0.2) is 0 Å². The fourth-order valence-electron chi connectivity index (χ4n) is 1.43. The van der Waals surface area contributed by atoms with Crippen molar-refractivity contribution in [3.05, 3.63) is 29.8 Å². The largest absolute Gasteiger partial charge is 0.494 e. The number of hydrogen-bond donors (Lipinski definition) is 0. The van der Waals surface area contributed by atoms with Crippen molar-refractivity contribution >= 4 is 5.78 Å². The first kappa shape index (κ1) is 14.5. The van der Waals surface area contributed by atoms with E-state index in [0.29, 0.717) is 12.4 Å². The molecule has 0 unspecified atom stereocenters. The minimum Gasteiger partial charge on any atom is -0.494 e. The molecule has 0 saturated heterocycles. The van der Waals surface area contributed by atoms with E-state index in [1.807, 2.05) is 6.92 Å². The zero-order valence-electron chi connectivity index (χ0n) is 10.1. The lowest BCUT2D eigenvalue weighted by atomic mass is 10.1. The molecular weight excluding hydrogens is 245 g/mol. The number of ketones is 1. The average molecular weight is 260 g/mol. The van der Waals surface area contributed by atoms with E-state index < -0.39 is 17.5 Å². The molecule has 0 saturated carbocycles. The minimum atomic E-state index is -4.85. The third kappa shape index (κ3) is 4.39. The Labute approximate surface area is 104 Å². The Kier molecular flexibility index (Phi) is 5.19. The van der Waals surface area contributed by atoms with Gasteiger partial charge in [0.25, 0.3) is 5.78 Å². The van der Waals surface area contributed by atoms with Crippen LogP contribution in [-0.2, 0) is 0 Å². The van der Waals surface area contributed by atoms with Gasteiger partial charge in [0.1, 0.15) is 5.75 Å². The summed E-state index contributed by atoms with van der Waals surface area (Å²) in [5, 5.41) is 0. The Hall–Kier alpha value is -1.52. The molecule has 0 spiro atoms. The summed E-state index contributed by atoms with van der Waals surface area (Å²) in [4.78, 5) is 11.0. The zero-order chi connectivity index (χ0) is 13.6. The van der Waals surface area contributed by atoms with Crippen LogP contribution in [0.15, 0.2) is 24.3 Å². The highest BCUT2D eigenvalue weighted by Crippen LogP contribution is 2.23. The number of benzene rings is 1. The molecule has 2 nitrogen and oxygen atoms in total. The number of halogens is 3. The maximum Gasteiger partial charge on any atom is 0.454 e. The lowest BCUT2D eigenvalue weighted by Gasteiger charge is -2.08. The molecule has 1 aromatic rings. The molecule has 0 aliphatic rings. The Bertz CT molecular complexity index is 399. The topological polar surface area (TPSA) is 26.3 Å². The van der Waals surface area contributed by atoms with Crippen LogP contribution in [0, 0.1) is 0 Å². The van der Waals surface area contributed by atoms with Crippen molar-refractivity contribution in [1.82, 2.24) is 0 Å². The Morgan fingerprint density at radius 3 is 2.61 bits per heavy atom. The monoisotopic (exact) mass is 260 g/mol. The van der Waals surface area contributed by atoms with Crippen LogP contribution in [0.25, 0.3) is 0 Å². The summed E-state index contributed by atoms with van der Waals surface area (Å²) in [6.45, 7) is 2.49. The fourth-order valence-corrected chi connectivity index (χ4v) is 1.43. The molecule has 1 aromatic carbocycles. The van der Waals surface area contributed by atoms with Gasteiger partial charge in [0.15, 0.2) is 0 Å². The van der Waals surface area contributed by atoms with Gasteiger partial charge in [0.05, 0.1) is 6.61 Å². The quantitative estimate of drug-likeness (QED) is 0.570. The van der Waals surface area contributed by atoms with Gasteiger partial charge >= 0.3 is 6.18 Å². The molecule has 0 atom stereocenters. The van der Waals surface area contributed by atoms with E-state index in [4.69, 9.17) is 4.74 Å². The first-order valence-electron chi connectivity index (χ1n) is 5.79. The molecule has 0 amide bonds. The molecule has 5 heteroatoms. The molecule has 0 fully saturated rings. The summed E-state index contributed by atoms with van der Waals surface area (Å²) in [6, 6.07) is 5.18. The molecule has 0 bridgehead atoms. The van der Waals surface area contributed by atoms with Crippen LogP contribution in [-0.4, -0.2) is 18.6 Å². The molecular formula is C13H15F3O2. The Morgan fingerprint density at radius 2 is 2.00 bits per heavy atom. The van der Waals surface area contributed by atoms with Crippen molar-refractivity contribution in [1.29, 1.82) is 0 Å². The third-order valence-electron chi connectivity index (χ3n) is 2.37. The lowest BCUT2D eigenvalue weighted by molar-refractivity contribution is -0.0885. The molecule has 0 aliphatic heterocycles. The van der Waals surface area contributed by atoms with E-state index >= 15 is 0 Å². The van der Waals surface area contributed by atoms with Crippen LogP contribution in [0.3, 0.4) is 0 Å². The second-order valence-electron chi connectivity index (χ2n) is 3.91. The van der Waals surface area contributed by atoms with E-state index in [1.54, 1.807) is 6.07 Å². The highest BCUT2D eigenvalue weighted by molar-refractivity contribution is 6.00. The van der Waals surface area contributed by atoms with Gasteiger partial charge < -0.3 is 4.74 Å². The molecule has 1 rings (SSSR count). The number of rotatable bonds is 6. The number of ether oxygens (including phenoxy) is 1. The first-order chi connectivity index (χ1) is 8.45. The molecule has 0 aromatic heterocycles. The number of unbranched alkanes of at least 4 members (excludes halogenated alkanes) is 2. The van der Waals surface area contributed by atoms with E-state index in [1.165, 1.54) is 6.07 Å². The van der Waals surface area contributed by atoms with Gasteiger partial charge in [-0.2, -0.15) is 13.2 Å². The van der Waals surface area contributed by atoms with Crippen LogP contribution in [0.4, 0.5) is 13.2 Å². The smallest absolute Gasteiger partial charge is 0.454 e. The summed E-state index contributed by atoms with van der Waals surface area (Å²) in [5.74, 6) is -1.55. The molecule has 100 valence electrons. The summed E-state index contributed by atoms with van der Waals surface area (Å²) in [7, 11) is 0. The maximum absolute atomic E-state index is 12.2. The highest BCUT2D eigenvalue weighted by Gasteiger charge is 2.39. The van der Waals surface area contributed by atoms with Crippen molar-refractivity contribution < 1.29 is 22.7 Å². The summed E-state index contributed by atoms with van der Waals surface area (Å²) >= 11 is 0. The van der Waals surface area contributed by atoms with Crippen LogP contribution < -0.4 is 4.74 Å². The number of carbonyl (C=O) groups excluding carboxylic acids is 1. The van der Waals surface area contributed by atoms with Crippen LogP contribution >= 0.6 is 0 Å². The Balaban J connectivity index is 2.65. The van der Waals surface area contributed by atoms with Gasteiger partial charge in [-0.1, -0.05) is 31.9 Å². The van der Waals surface area contributed by atoms with Crippen molar-refractivity contribution in [2.75, 3.05) is 6.61 Å². The lowest BCUT2D eigenvalue weighted by Crippen LogP contribution is -2.22. The second-order valence-corrected chi connectivity index (χ2v) is 3.91. The maximum atomic E-state index is 12.2. The van der Waals surface area contributed by atoms with Gasteiger partial charge in [0, 0.05) is 5.56 Å². The number of Topliss-reactive ketones (excluding diaryl/α,β-unsaturated/α-hetero) is 1. The van der Waals surface area contributed by atoms with Gasteiger partial charge in [-0.3, -0.25) is 4.79 Å². The second kappa shape index (κ2) is 6.42.